The molecule has 2 aromatic rings. The molecule has 1 aromatic heterocycles. The zero-order chi connectivity index (χ0) is 17.2. The van der Waals surface area contributed by atoms with E-state index in [1.807, 2.05) is 50.4 Å². The van der Waals surface area contributed by atoms with E-state index in [1.54, 1.807) is 6.08 Å². The summed E-state index contributed by atoms with van der Waals surface area (Å²) in [5, 5.41) is 15.5. The minimum atomic E-state index is 0.0700. The molecule has 0 amide bonds. The SMILES string of the molecule is C/C=C/Cn1ccc2cc(C(=N)N=NN)ccc21.C=CC(C)Cl. The first-order valence-corrected chi connectivity index (χ1v) is 7.63. The molecule has 1 unspecified atom stereocenters. The van der Waals surface area contributed by atoms with Crippen molar-refractivity contribution in [1.82, 2.24) is 4.57 Å². The number of allylic oxidation sites excluding steroid dienone is 3. The molecule has 0 saturated carbocycles. The van der Waals surface area contributed by atoms with Crippen molar-refractivity contribution in [1.29, 1.82) is 5.41 Å². The number of hydrogen-bond donors (Lipinski definition) is 2. The minimum absolute atomic E-state index is 0.0700. The van der Waals surface area contributed by atoms with Gasteiger partial charge in [0, 0.05) is 34.6 Å². The maximum absolute atomic E-state index is 7.66. The molecule has 0 bridgehead atoms. The van der Waals surface area contributed by atoms with Gasteiger partial charge in [0.15, 0.2) is 5.84 Å². The summed E-state index contributed by atoms with van der Waals surface area (Å²) in [7, 11) is 0. The monoisotopic (exact) mass is 331 g/mol. The van der Waals surface area contributed by atoms with Gasteiger partial charge in [0.05, 0.1) is 0 Å². The second kappa shape index (κ2) is 9.58. The summed E-state index contributed by atoms with van der Waals surface area (Å²) in [6.07, 6.45) is 7.83. The number of nitrogens with two attached hydrogens (primary N) is 1. The molecule has 1 atom stereocenters. The van der Waals surface area contributed by atoms with E-state index in [9.17, 15) is 0 Å². The quantitative estimate of drug-likeness (QED) is 0.159. The number of nitrogens with one attached hydrogen (secondary N) is 1. The normalized spacial score (nSPS) is 12.3. The molecule has 0 saturated heterocycles. The van der Waals surface area contributed by atoms with E-state index in [0.717, 1.165) is 17.4 Å². The van der Waals surface area contributed by atoms with Crippen molar-refractivity contribution in [3.63, 3.8) is 0 Å². The van der Waals surface area contributed by atoms with Crippen LogP contribution in [0.15, 0.2) is 65.6 Å². The van der Waals surface area contributed by atoms with E-state index in [-0.39, 0.29) is 11.2 Å². The number of hydrogen-bond acceptors (Lipinski definition) is 2. The molecule has 3 N–H and O–H groups in total. The number of fused-ring (bicyclic) bond motifs is 1. The predicted molar refractivity (Wildman–Crippen MR) is 98.1 cm³/mol. The summed E-state index contributed by atoms with van der Waals surface area (Å²) in [5.41, 5.74) is 1.84. The van der Waals surface area contributed by atoms with Gasteiger partial charge in [0.1, 0.15) is 0 Å². The van der Waals surface area contributed by atoms with Crippen molar-refractivity contribution in [3.05, 3.63) is 60.8 Å². The lowest BCUT2D eigenvalue weighted by Gasteiger charge is -2.02. The van der Waals surface area contributed by atoms with Gasteiger partial charge in [-0.1, -0.05) is 23.5 Å². The highest BCUT2D eigenvalue weighted by Crippen LogP contribution is 2.18. The van der Waals surface area contributed by atoms with Gasteiger partial charge in [-0.05, 0) is 38.1 Å². The summed E-state index contributed by atoms with van der Waals surface area (Å²) >= 11 is 5.34. The Hall–Kier alpha value is -2.40. The van der Waals surface area contributed by atoms with Crippen LogP contribution in [-0.4, -0.2) is 15.8 Å². The predicted octanol–water partition coefficient (Wildman–Crippen LogP) is 4.67. The first kappa shape index (κ1) is 18.6. The van der Waals surface area contributed by atoms with Gasteiger partial charge in [0.25, 0.3) is 0 Å². The summed E-state index contributed by atoms with van der Waals surface area (Å²) in [4.78, 5) is 0. The molecule has 6 heteroatoms. The molecule has 122 valence electrons. The molecule has 0 aliphatic heterocycles. The number of alkyl halides is 1. The average molecular weight is 332 g/mol. The zero-order valence-corrected chi connectivity index (χ0v) is 14.2. The standard InChI is InChI=1S/C13H15N5.C4H7Cl/c1-2-3-7-18-8-6-10-9-11(4-5-12(10)18)13(14)16-17-15;1-3-4(2)5/h2-6,8-9H,7H2,1H3,(H3,14,15,16);3-4H,1H2,2H3/b3-2+;. The number of aromatic nitrogens is 1. The number of amidine groups is 1. The van der Waals surface area contributed by atoms with Crippen LogP contribution in [0.25, 0.3) is 10.9 Å². The second-order valence-electron chi connectivity index (χ2n) is 4.79. The van der Waals surface area contributed by atoms with E-state index in [1.165, 1.54) is 0 Å². The Balaban J connectivity index is 0.000000463. The highest BCUT2D eigenvalue weighted by molar-refractivity contribution is 6.21. The Morgan fingerprint density at radius 3 is 2.74 bits per heavy atom. The molecule has 1 heterocycles. The van der Waals surface area contributed by atoms with Crippen molar-refractivity contribution in [2.45, 2.75) is 25.8 Å². The van der Waals surface area contributed by atoms with Crippen LogP contribution in [0, 0.1) is 5.41 Å². The third kappa shape index (κ3) is 5.71. The van der Waals surface area contributed by atoms with Crippen LogP contribution in [-0.2, 0) is 6.54 Å². The Morgan fingerprint density at radius 2 is 2.17 bits per heavy atom. The number of halogens is 1. The lowest BCUT2D eigenvalue weighted by Crippen LogP contribution is -1.96. The Labute approximate surface area is 141 Å². The van der Waals surface area contributed by atoms with Crippen molar-refractivity contribution in [3.8, 4) is 0 Å². The van der Waals surface area contributed by atoms with Gasteiger partial charge >= 0.3 is 0 Å². The Bertz CT molecular complexity index is 713. The van der Waals surface area contributed by atoms with E-state index >= 15 is 0 Å². The van der Waals surface area contributed by atoms with Crippen molar-refractivity contribution >= 4 is 28.3 Å². The van der Waals surface area contributed by atoms with Crippen molar-refractivity contribution < 1.29 is 0 Å². The maximum atomic E-state index is 7.66. The molecule has 0 radical (unpaired) electrons. The topological polar surface area (TPSA) is 79.5 Å². The summed E-state index contributed by atoms with van der Waals surface area (Å²) < 4.78 is 2.15. The van der Waals surface area contributed by atoms with Crippen LogP contribution in [0.4, 0.5) is 0 Å². The summed E-state index contributed by atoms with van der Waals surface area (Å²) in [6.45, 7) is 8.15. The lowest BCUT2D eigenvalue weighted by molar-refractivity contribution is 0.862. The molecule has 0 aliphatic carbocycles. The maximum Gasteiger partial charge on any atom is 0.176 e. The van der Waals surface area contributed by atoms with Gasteiger partial charge in [-0.25, -0.2) is 0 Å². The minimum Gasteiger partial charge on any atom is -0.344 e. The van der Waals surface area contributed by atoms with E-state index in [2.05, 4.69) is 27.6 Å². The van der Waals surface area contributed by atoms with Gasteiger partial charge in [-0.15, -0.1) is 23.3 Å². The smallest absolute Gasteiger partial charge is 0.176 e. The molecule has 0 fully saturated rings. The molecule has 0 spiro atoms. The average Bonchev–Trinajstić information content (AvgIpc) is 2.95. The van der Waals surface area contributed by atoms with Gasteiger partial charge < -0.3 is 10.4 Å². The van der Waals surface area contributed by atoms with Crippen molar-refractivity contribution in [2.75, 3.05) is 0 Å². The summed E-state index contributed by atoms with van der Waals surface area (Å²) in [6, 6.07) is 7.77. The third-order valence-corrected chi connectivity index (χ3v) is 3.24. The number of rotatable bonds is 4. The highest BCUT2D eigenvalue weighted by atomic mass is 35.5. The van der Waals surface area contributed by atoms with E-state index in [4.69, 9.17) is 22.9 Å². The van der Waals surface area contributed by atoms with Crippen LogP contribution in [0.5, 0.6) is 0 Å². The fourth-order valence-corrected chi connectivity index (χ4v) is 1.84. The highest BCUT2D eigenvalue weighted by Gasteiger charge is 2.04. The zero-order valence-electron chi connectivity index (χ0n) is 13.4. The first-order chi connectivity index (χ1) is 11.0. The Morgan fingerprint density at radius 1 is 1.48 bits per heavy atom. The van der Waals surface area contributed by atoms with Crippen LogP contribution in [0.2, 0.25) is 0 Å². The Kier molecular flexibility index (Phi) is 7.77. The molecule has 1 aromatic carbocycles. The van der Waals surface area contributed by atoms with Crippen molar-refractivity contribution in [2.24, 2.45) is 16.2 Å². The van der Waals surface area contributed by atoms with Crippen LogP contribution < -0.4 is 5.84 Å². The first-order valence-electron chi connectivity index (χ1n) is 7.20. The van der Waals surface area contributed by atoms with Gasteiger partial charge in [0.2, 0.25) is 0 Å². The van der Waals surface area contributed by atoms with Gasteiger partial charge in [-0.3, -0.25) is 5.41 Å². The van der Waals surface area contributed by atoms with Crippen LogP contribution in [0.3, 0.4) is 0 Å². The molecule has 5 nitrogen and oxygen atoms in total. The molecular weight excluding hydrogens is 310 g/mol. The molecule has 2 rings (SSSR count). The fourth-order valence-electron chi connectivity index (χ4n) is 1.84. The molecule has 23 heavy (non-hydrogen) atoms. The number of benzene rings is 1. The lowest BCUT2D eigenvalue weighted by atomic mass is 10.1. The van der Waals surface area contributed by atoms with E-state index < -0.39 is 0 Å². The van der Waals surface area contributed by atoms with E-state index in [0.29, 0.717) is 5.56 Å². The molecular formula is C17H22ClN5. The van der Waals surface area contributed by atoms with Crippen LogP contribution in [0.1, 0.15) is 19.4 Å². The van der Waals surface area contributed by atoms with Crippen LogP contribution >= 0.6 is 11.6 Å². The summed E-state index contributed by atoms with van der Waals surface area (Å²) in [5.74, 6) is 5.01. The van der Waals surface area contributed by atoms with Gasteiger partial charge in [-0.2, -0.15) is 0 Å². The fraction of sp³-hybridized carbons (Fsp3) is 0.235. The molecule has 0 aliphatic rings. The second-order valence-corrected chi connectivity index (χ2v) is 5.48. The number of nitrogens with zero attached hydrogens (tertiary/aromatic N) is 3. The largest absolute Gasteiger partial charge is 0.344 e. The third-order valence-electron chi connectivity index (χ3n) is 3.06.